The molecule has 164 valence electrons. The number of carbonyl (C=O) groups is 1. The molecule has 3 aromatic carbocycles. The maximum Gasteiger partial charge on any atom is 0.271 e. The van der Waals surface area contributed by atoms with Crippen molar-refractivity contribution in [2.75, 3.05) is 14.2 Å². The van der Waals surface area contributed by atoms with E-state index in [0.717, 1.165) is 22.0 Å². The van der Waals surface area contributed by atoms with Crippen molar-refractivity contribution in [2.24, 2.45) is 5.10 Å². The highest BCUT2D eigenvalue weighted by Crippen LogP contribution is 2.23. The van der Waals surface area contributed by atoms with E-state index < -0.39 is 0 Å². The third kappa shape index (κ3) is 4.86. The zero-order valence-electron chi connectivity index (χ0n) is 18.3. The molecule has 1 N–H and O–H groups in total. The summed E-state index contributed by atoms with van der Waals surface area (Å²) < 4.78 is 12.5. The van der Waals surface area contributed by atoms with Gasteiger partial charge >= 0.3 is 0 Å². The summed E-state index contributed by atoms with van der Waals surface area (Å²) in [5.41, 5.74) is 6.49. The van der Waals surface area contributed by atoms with Gasteiger partial charge in [0, 0.05) is 40.8 Å². The highest BCUT2D eigenvalue weighted by molar-refractivity contribution is 6.00. The van der Waals surface area contributed by atoms with Crippen LogP contribution in [0.2, 0.25) is 0 Å². The van der Waals surface area contributed by atoms with Gasteiger partial charge in [-0.25, -0.2) is 5.43 Å². The van der Waals surface area contributed by atoms with Crippen molar-refractivity contribution in [2.45, 2.75) is 6.54 Å². The van der Waals surface area contributed by atoms with Gasteiger partial charge in [-0.1, -0.05) is 30.3 Å². The van der Waals surface area contributed by atoms with Crippen molar-refractivity contribution in [3.8, 4) is 17.6 Å². The van der Waals surface area contributed by atoms with Crippen LogP contribution in [0.5, 0.6) is 11.5 Å². The number of nitrogens with one attached hydrogen (secondary N) is 1. The first-order chi connectivity index (χ1) is 16.1. The van der Waals surface area contributed by atoms with E-state index in [4.69, 9.17) is 14.7 Å². The highest BCUT2D eigenvalue weighted by atomic mass is 16.5. The van der Waals surface area contributed by atoms with Gasteiger partial charge in [0.25, 0.3) is 5.91 Å². The molecule has 1 aromatic heterocycles. The molecule has 7 heteroatoms. The lowest BCUT2D eigenvalue weighted by Gasteiger charge is -2.07. The van der Waals surface area contributed by atoms with Crippen molar-refractivity contribution in [1.29, 1.82) is 5.26 Å². The van der Waals surface area contributed by atoms with Gasteiger partial charge in [-0.15, -0.1) is 0 Å². The number of rotatable bonds is 7. The number of benzene rings is 3. The highest BCUT2D eigenvalue weighted by Gasteiger charge is 2.10. The minimum Gasteiger partial charge on any atom is -0.497 e. The van der Waals surface area contributed by atoms with Crippen molar-refractivity contribution in [3.05, 3.63) is 95.2 Å². The normalized spacial score (nSPS) is 10.8. The van der Waals surface area contributed by atoms with E-state index >= 15 is 0 Å². The summed E-state index contributed by atoms with van der Waals surface area (Å²) in [4.78, 5) is 12.6. The van der Waals surface area contributed by atoms with Crippen molar-refractivity contribution >= 4 is 23.0 Å². The smallest absolute Gasteiger partial charge is 0.271 e. The maximum atomic E-state index is 12.6. The number of para-hydroxylation sites is 1. The van der Waals surface area contributed by atoms with E-state index in [0.29, 0.717) is 29.2 Å². The number of aromatic nitrogens is 1. The number of fused-ring (bicyclic) bond motifs is 1. The lowest BCUT2D eigenvalue weighted by atomic mass is 10.1. The summed E-state index contributed by atoms with van der Waals surface area (Å²) in [7, 11) is 3.06. The standard InChI is InChI=1S/C26H22N4O3/c1-32-22-11-20(12-23(13-22)33-2)26(31)29-28-15-21-17-30(25-9-4-3-8-24(21)25)16-19-7-5-6-18(10-19)14-27/h3-13,15,17H,16H2,1-2H3,(H,29,31)/b28-15-. The first-order valence-electron chi connectivity index (χ1n) is 10.2. The predicted molar refractivity (Wildman–Crippen MR) is 127 cm³/mol. The van der Waals surface area contributed by atoms with Crippen LogP contribution in [0.4, 0.5) is 0 Å². The second-order valence-electron chi connectivity index (χ2n) is 7.34. The van der Waals surface area contributed by atoms with Crippen LogP contribution in [0.15, 0.2) is 78.0 Å². The second-order valence-corrected chi connectivity index (χ2v) is 7.34. The van der Waals surface area contributed by atoms with Crippen LogP contribution in [0.3, 0.4) is 0 Å². The molecule has 0 saturated carbocycles. The number of ether oxygens (including phenoxy) is 2. The van der Waals surface area contributed by atoms with Crippen LogP contribution in [-0.2, 0) is 6.54 Å². The van der Waals surface area contributed by atoms with Crippen LogP contribution in [0.1, 0.15) is 27.0 Å². The maximum absolute atomic E-state index is 12.6. The number of amides is 1. The van der Waals surface area contributed by atoms with Gasteiger partial charge in [0.2, 0.25) is 0 Å². The Bertz CT molecular complexity index is 1360. The third-order valence-electron chi connectivity index (χ3n) is 5.21. The average Bonchev–Trinajstić information content (AvgIpc) is 3.20. The quantitative estimate of drug-likeness (QED) is 0.343. The molecule has 7 nitrogen and oxygen atoms in total. The molecule has 0 bridgehead atoms. The van der Waals surface area contributed by atoms with E-state index in [9.17, 15) is 4.79 Å². The van der Waals surface area contributed by atoms with E-state index in [2.05, 4.69) is 21.2 Å². The molecule has 0 unspecified atom stereocenters. The molecule has 0 radical (unpaired) electrons. The topological polar surface area (TPSA) is 88.6 Å². The van der Waals surface area contributed by atoms with Crippen LogP contribution in [0, 0.1) is 11.3 Å². The number of carbonyl (C=O) groups excluding carboxylic acids is 1. The van der Waals surface area contributed by atoms with Gasteiger partial charge in [-0.3, -0.25) is 4.79 Å². The Morgan fingerprint density at radius 3 is 2.55 bits per heavy atom. The summed E-state index contributed by atoms with van der Waals surface area (Å²) in [6, 6.07) is 22.6. The molecule has 0 spiro atoms. The Kier molecular flexibility index (Phi) is 6.37. The van der Waals surface area contributed by atoms with Crippen LogP contribution >= 0.6 is 0 Å². The lowest BCUT2D eigenvalue weighted by Crippen LogP contribution is -2.17. The first-order valence-corrected chi connectivity index (χ1v) is 10.2. The van der Waals surface area contributed by atoms with Crippen LogP contribution in [-0.4, -0.2) is 30.9 Å². The van der Waals surface area contributed by atoms with Crippen molar-refractivity contribution in [1.82, 2.24) is 9.99 Å². The molecule has 1 amide bonds. The Labute approximate surface area is 191 Å². The van der Waals surface area contributed by atoms with E-state index in [1.54, 1.807) is 30.5 Å². The SMILES string of the molecule is COc1cc(OC)cc(C(=O)N/N=C\c2cn(Cc3cccc(C#N)c3)c3ccccc23)c1. The van der Waals surface area contributed by atoms with E-state index in [1.165, 1.54) is 14.2 Å². The van der Waals surface area contributed by atoms with Crippen LogP contribution in [0.25, 0.3) is 10.9 Å². The van der Waals surface area contributed by atoms with Crippen LogP contribution < -0.4 is 14.9 Å². The molecule has 4 aromatic rings. The molecule has 33 heavy (non-hydrogen) atoms. The molecule has 0 fully saturated rings. The minimum absolute atomic E-state index is 0.375. The molecule has 0 saturated heterocycles. The number of hydrazone groups is 1. The van der Waals surface area contributed by atoms with Gasteiger partial charge in [-0.05, 0) is 35.9 Å². The molecular weight excluding hydrogens is 416 g/mol. The molecule has 0 aliphatic heterocycles. The summed E-state index contributed by atoms with van der Waals surface area (Å²) in [6.07, 6.45) is 3.60. The molecule has 0 atom stereocenters. The number of hydrogen-bond donors (Lipinski definition) is 1. The summed E-state index contributed by atoms with van der Waals surface area (Å²) in [5, 5.41) is 14.3. The Hall–Kier alpha value is -4.57. The van der Waals surface area contributed by atoms with E-state index in [1.807, 2.05) is 48.7 Å². The Balaban J connectivity index is 1.57. The molecule has 4 rings (SSSR count). The number of nitrogens with zero attached hydrogens (tertiary/aromatic N) is 3. The summed E-state index contributed by atoms with van der Waals surface area (Å²) in [6.45, 7) is 0.611. The minimum atomic E-state index is -0.375. The molecular formula is C26H22N4O3. The zero-order valence-corrected chi connectivity index (χ0v) is 18.3. The summed E-state index contributed by atoms with van der Waals surface area (Å²) >= 11 is 0. The zero-order chi connectivity index (χ0) is 23.2. The fourth-order valence-corrected chi connectivity index (χ4v) is 3.61. The molecule has 0 aliphatic rings. The van der Waals surface area contributed by atoms with Gasteiger partial charge in [0.1, 0.15) is 11.5 Å². The van der Waals surface area contributed by atoms with Gasteiger partial charge in [-0.2, -0.15) is 10.4 Å². The third-order valence-corrected chi connectivity index (χ3v) is 5.21. The number of nitriles is 1. The van der Waals surface area contributed by atoms with Gasteiger partial charge in [0.15, 0.2) is 0 Å². The fraction of sp³-hybridized carbons (Fsp3) is 0.115. The Morgan fingerprint density at radius 1 is 1.06 bits per heavy atom. The molecule has 0 aliphatic carbocycles. The van der Waals surface area contributed by atoms with Crippen molar-refractivity contribution < 1.29 is 14.3 Å². The van der Waals surface area contributed by atoms with Gasteiger partial charge < -0.3 is 14.0 Å². The lowest BCUT2D eigenvalue weighted by molar-refractivity contribution is 0.0954. The largest absolute Gasteiger partial charge is 0.497 e. The van der Waals surface area contributed by atoms with Gasteiger partial charge in [0.05, 0.1) is 32.1 Å². The first kappa shape index (κ1) is 21.7. The number of hydrogen-bond acceptors (Lipinski definition) is 5. The Morgan fingerprint density at radius 2 is 1.82 bits per heavy atom. The monoisotopic (exact) mass is 438 g/mol. The molecule has 1 heterocycles. The van der Waals surface area contributed by atoms with Crippen molar-refractivity contribution in [3.63, 3.8) is 0 Å². The second kappa shape index (κ2) is 9.71. The average molecular weight is 438 g/mol. The summed E-state index contributed by atoms with van der Waals surface area (Å²) in [5.74, 6) is 0.666. The van der Waals surface area contributed by atoms with E-state index in [-0.39, 0.29) is 5.91 Å². The fourth-order valence-electron chi connectivity index (χ4n) is 3.61. The predicted octanol–water partition coefficient (Wildman–Crippen LogP) is 4.34. The number of methoxy groups -OCH3 is 2.